The van der Waals surface area contributed by atoms with Crippen LogP contribution >= 0.6 is 0 Å². The van der Waals surface area contributed by atoms with Gasteiger partial charge in [-0.1, -0.05) is 24.3 Å². The number of hydrogen-bond donors (Lipinski definition) is 1. The Morgan fingerprint density at radius 2 is 1.80 bits per heavy atom. The molecule has 0 aliphatic heterocycles. The van der Waals surface area contributed by atoms with Crippen LogP contribution in [0.3, 0.4) is 0 Å². The van der Waals surface area contributed by atoms with E-state index in [9.17, 15) is 13.2 Å². The van der Waals surface area contributed by atoms with Gasteiger partial charge in [-0.05, 0) is 54.2 Å². The van der Waals surface area contributed by atoms with Crippen molar-refractivity contribution in [1.82, 2.24) is 9.62 Å². The zero-order chi connectivity index (χ0) is 18.0. The topological polar surface area (TPSA) is 66.5 Å². The summed E-state index contributed by atoms with van der Waals surface area (Å²) in [5.74, 6) is -0.188. The van der Waals surface area contributed by atoms with Gasteiger partial charge in [0.2, 0.25) is 10.0 Å². The quantitative estimate of drug-likeness (QED) is 0.892. The van der Waals surface area contributed by atoms with E-state index in [0.717, 1.165) is 19.3 Å². The Kier molecular flexibility index (Phi) is 4.92. The molecule has 0 spiro atoms. The number of sulfonamides is 1. The Morgan fingerprint density at radius 3 is 2.56 bits per heavy atom. The fourth-order valence-corrected chi connectivity index (χ4v) is 4.20. The van der Waals surface area contributed by atoms with E-state index in [1.54, 1.807) is 24.3 Å². The summed E-state index contributed by atoms with van der Waals surface area (Å²) >= 11 is 0. The van der Waals surface area contributed by atoms with Crippen molar-refractivity contribution in [2.24, 2.45) is 0 Å². The number of fused-ring (bicyclic) bond motifs is 1. The second kappa shape index (κ2) is 6.98. The van der Waals surface area contributed by atoms with Crippen LogP contribution in [-0.2, 0) is 29.4 Å². The van der Waals surface area contributed by atoms with Gasteiger partial charge in [0, 0.05) is 26.2 Å². The minimum Gasteiger partial charge on any atom is -0.348 e. The van der Waals surface area contributed by atoms with E-state index >= 15 is 0 Å². The van der Waals surface area contributed by atoms with E-state index in [1.807, 2.05) is 18.2 Å². The van der Waals surface area contributed by atoms with Gasteiger partial charge >= 0.3 is 0 Å². The smallest absolute Gasteiger partial charge is 0.251 e. The number of carbonyl (C=O) groups is 1. The molecule has 0 saturated carbocycles. The van der Waals surface area contributed by atoms with Crippen LogP contribution in [0.25, 0.3) is 0 Å². The highest BCUT2D eigenvalue weighted by Gasteiger charge is 2.21. The summed E-state index contributed by atoms with van der Waals surface area (Å²) in [6, 6.07) is 12.5. The Hall–Kier alpha value is -2.18. The lowest BCUT2D eigenvalue weighted by Crippen LogP contribution is -2.27. The fourth-order valence-electron chi connectivity index (χ4n) is 3.09. The number of aryl methyl sites for hydroxylation is 2. The molecule has 25 heavy (non-hydrogen) atoms. The molecule has 6 heteroatoms. The van der Waals surface area contributed by atoms with Gasteiger partial charge in [-0.25, -0.2) is 12.7 Å². The van der Waals surface area contributed by atoms with Gasteiger partial charge in [-0.15, -0.1) is 0 Å². The highest BCUT2D eigenvalue weighted by atomic mass is 32.2. The maximum absolute atomic E-state index is 12.4. The molecule has 0 fully saturated rings. The molecule has 0 bridgehead atoms. The monoisotopic (exact) mass is 358 g/mol. The van der Waals surface area contributed by atoms with Crippen LogP contribution in [0.5, 0.6) is 0 Å². The van der Waals surface area contributed by atoms with Crippen molar-refractivity contribution in [3.63, 3.8) is 0 Å². The first-order chi connectivity index (χ1) is 11.9. The standard InChI is InChI=1S/C19H22N2O3S/c1-21(2)25(23,24)18-9-4-3-6-17(18)13-20-19(22)16-11-10-14-7-5-8-15(14)12-16/h3-4,6,9-12H,5,7-8,13H2,1-2H3,(H,20,22). The molecule has 2 aromatic rings. The van der Waals surface area contributed by atoms with E-state index in [-0.39, 0.29) is 17.3 Å². The largest absolute Gasteiger partial charge is 0.348 e. The van der Waals surface area contributed by atoms with Gasteiger partial charge in [0.25, 0.3) is 5.91 Å². The number of nitrogens with zero attached hydrogens (tertiary/aromatic N) is 1. The van der Waals surface area contributed by atoms with Crippen LogP contribution < -0.4 is 5.32 Å². The summed E-state index contributed by atoms with van der Waals surface area (Å²) in [6.07, 6.45) is 3.23. The molecule has 1 amide bonds. The molecule has 132 valence electrons. The van der Waals surface area contributed by atoms with Crippen molar-refractivity contribution in [3.8, 4) is 0 Å². The number of carbonyl (C=O) groups excluding carboxylic acids is 1. The first-order valence-electron chi connectivity index (χ1n) is 8.30. The Bertz CT molecular complexity index is 905. The summed E-state index contributed by atoms with van der Waals surface area (Å²) < 4.78 is 26.0. The van der Waals surface area contributed by atoms with Crippen LogP contribution in [0.1, 0.15) is 33.5 Å². The lowest BCUT2D eigenvalue weighted by Gasteiger charge is -2.15. The Balaban J connectivity index is 1.77. The van der Waals surface area contributed by atoms with Crippen LogP contribution in [0, 0.1) is 0 Å². The Labute approximate surface area is 148 Å². The first kappa shape index (κ1) is 17.6. The van der Waals surface area contributed by atoms with E-state index in [1.165, 1.54) is 29.5 Å². The molecule has 0 atom stereocenters. The lowest BCUT2D eigenvalue weighted by molar-refractivity contribution is 0.0950. The second-order valence-corrected chi connectivity index (χ2v) is 8.54. The van der Waals surface area contributed by atoms with E-state index in [4.69, 9.17) is 0 Å². The van der Waals surface area contributed by atoms with Gasteiger partial charge in [-0.2, -0.15) is 0 Å². The molecule has 1 aliphatic carbocycles. The van der Waals surface area contributed by atoms with Gasteiger partial charge in [0.15, 0.2) is 0 Å². The highest BCUT2D eigenvalue weighted by Crippen LogP contribution is 2.23. The van der Waals surface area contributed by atoms with Gasteiger partial charge in [0.05, 0.1) is 4.90 Å². The summed E-state index contributed by atoms with van der Waals surface area (Å²) in [5, 5.41) is 2.84. The van der Waals surface area contributed by atoms with E-state index in [2.05, 4.69) is 5.32 Å². The molecule has 1 aliphatic rings. The number of rotatable bonds is 5. The van der Waals surface area contributed by atoms with Crippen LogP contribution in [0.4, 0.5) is 0 Å². The number of nitrogens with one attached hydrogen (secondary N) is 1. The average molecular weight is 358 g/mol. The minimum absolute atomic E-state index is 0.166. The molecule has 0 aromatic heterocycles. The van der Waals surface area contributed by atoms with E-state index in [0.29, 0.717) is 11.1 Å². The summed E-state index contributed by atoms with van der Waals surface area (Å²) in [5.41, 5.74) is 3.75. The van der Waals surface area contributed by atoms with Crippen molar-refractivity contribution in [1.29, 1.82) is 0 Å². The van der Waals surface area contributed by atoms with E-state index < -0.39 is 10.0 Å². The van der Waals surface area contributed by atoms with Gasteiger partial charge in [0.1, 0.15) is 0 Å². The van der Waals surface area contributed by atoms with Gasteiger partial charge < -0.3 is 5.32 Å². The van der Waals surface area contributed by atoms with Gasteiger partial charge in [-0.3, -0.25) is 4.79 Å². The zero-order valence-electron chi connectivity index (χ0n) is 14.5. The van der Waals surface area contributed by atoms with Crippen molar-refractivity contribution in [2.75, 3.05) is 14.1 Å². The second-order valence-electron chi connectivity index (χ2n) is 6.41. The Morgan fingerprint density at radius 1 is 1.08 bits per heavy atom. The lowest BCUT2D eigenvalue weighted by atomic mass is 10.1. The molecule has 0 radical (unpaired) electrons. The fraction of sp³-hybridized carbons (Fsp3) is 0.316. The summed E-state index contributed by atoms with van der Waals surface area (Å²) in [7, 11) is -0.556. The maximum atomic E-state index is 12.4. The number of benzene rings is 2. The molecule has 3 rings (SSSR count). The molecule has 0 unspecified atom stereocenters. The average Bonchev–Trinajstić information content (AvgIpc) is 3.07. The highest BCUT2D eigenvalue weighted by molar-refractivity contribution is 7.89. The number of hydrogen-bond acceptors (Lipinski definition) is 3. The molecule has 5 nitrogen and oxygen atoms in total. The van der Waals surface area contributed by atoms with Crippen LogP contribution in [0.15, 0.2) is 47.4 Å². The number of amides is 1. The van der Waals surface area contributed by atoms with Crippen molar-refractivity contribution in [2.45, 2.75) is 30.7 Å². The normalized spacial score (nSPS) is 13.7. The molecule has 0 saturated heterocycles. The predicted octanol–water partition coefficient (Wildman–Crippen LogP) is 2.36. The molecular formula is C19H22N2O3S. The van der Waals surface area contributed by atoms with Crippen molar-refractivity contribution < 1.29 is 13.2 Å². The predicted molar refractivity (Wildman–Crippen MR) is 97.0 cm³/mol. The molecule has 0 heterocycles. The van der Waals surface area contributed by atoms with Crippen LogP contribution in [0.2, 0.25) is 0 Å². The molecule has 2 aromatic carbocycles. The summed E-state index contributed by atoms with van der Waals surface area (Å²) in [6.45, 7) is 0.166. The van der Waals surface area contributed by atoms with Crippen molar-refractivity contribution >= 4 is 15.9 Å². The van der Waals surface area contributed by atoms with Crippen LogP contribution in [-0.4, -0.2) is 32.7 Å². The van der Waals surface area contributed by atoms with Crippen molar-refractivity contribution in [3.05, 3.63) is 64.7 Å². The zero-order valence-corrected chi connectivity index (χ0v) is 15.3. The third-order valence-electron chi connectivity index (χ3n) is 4.53. The molecule has 1 N–H and O–H groups in total. The maximum Gasteiger partial charge on any atom is 0.251 e. The first-order valence-corrected chi connectivity index (χ1v) is 9.74. The third kappa shape index (κ3) is 3.60. The molecular weight excluding hydrogens is 336 g/mol. The minimum atomic E-state index is -3.55. The summed E-state index contributed by atoms with van der Waals surface area (Å²) in [4.78, 5) is 12.7. The SMILES string of the molecule is CN(C)S(=O)(=O)c1ccccc1CNC(=O)c1ccc2c(c1)CCC2. The third-order valence-corrected chi connectivity index (χ3v) is 6.45.